The van der Waals surface area contributed by atoms with Crippen molar-refractivity contribution in [1.29, 1.82) is 0 Å². The summed E-state index contributed by atoms with van der Waals surface area (Å²) in [4.78, 5) is 16.8. The molecule has 3 rings (SSSR count). The van der Waals surface area contributed by atoms with Crippen LogP contribution in [0.3, 0.4) is 0 Å². The van der Waals surface area contributed by atoms with Gasteiger partial charge in [-0.25, -0.2) is 9.78 Å². The van der Waals surface area contributed by atoms with Crippen molar-refractivity contribution in [1.82, 2.24) is 9.55 Å². The molecule has 0 bridgehead atoms. The maximum Gasteiger partial charge on any atom is 0.335 e. The first-order chi connectivity index (χ1) is 10.1. The number of thioether (sulfide) groups is 1. The summed E-state index contributed by atoms with van der Waals surface area (Å²) in [7, 11) is 0. The number of hydrogen-bond donors (Lipinski definition) is 1. The summed E-state index contributed by atoms with van der Waals surface area (Å²) >= 11 is 1.67. The SMILES string of the molecule is CSc1cccc(-n2c(C)nc3ccc(C(=O)O)cc32)c1. The van der Waals surface area contributed by atoms with Gasteiger partial charge in [0.2, 0.25) is 0 Å². The molecular formula is C16H14N2O2S. The Bertz CT molecular complexity index is 839. The molecule has 0 radical (unpaired) electrons. The van der Waals surface area contributed by atoms with E-state index in [1.54, 1.807) is 30.0 Å². The van der Waals surface area contributed by atoms with Gasteiger partial charge in [-0.3, -0.25) is 4.57 Å². The highest BCUT2D eigenvalue weighted by molar-refractivity contribution is 7.98. The number of carboxylic acid groups (broad SMARTS) is 1. The highest BCUT2D eigenvalue weighted by atomic mass is 32.2. The number of carboxylic acids is 1. The van der Waals surface area contributed by atoms with Crippen LogP contribution in [0.5, 0.6) is 0 Å². The minimum atomic E-state index is -0.930. The number of aromatic nitrogens is 2. The van der Waals surface area contributed by atoms with Gasteiger partial charge in [0, 0.05) is 10.6 Å². The van der Waals surface area contributed by atoms with Crippen LogP contribution in [-0.2, 0) is 0 Å². The molecule has 0 amide bonds. The molecule has 4 nitrogen and oxygen atoms in total. The van der Waals surface area contributed by atoms with E-state index in [0.717, 1.165) is 27.4 Å². The fraction of sp³-hybridized carbons (Fsp3) is 0.125. The van der Waals surface area contributed by atoms with Crippen LogP contribution in [0.1, 0.15) is 16.2 Å². The van der Waals surface area contributed by atoms with Crippen molar-refractivity contribution >= 4 is 28.8 Å². The average molecular weight is 298 g/mol. The number of rotatable bonds is 3. The third-order valence-corrected chi connectivity index (χ3v) is 4.11. The van der Waals surface area contributed by atoms with Gasteiger partial charge in [0.25, 0.3) is 0 Å². The summed E-state index contributed by atoms with van der Waals surface area (Å²) < 4.78 is 1.99. The lowest BCUT2D eigenvalue weighted by atomic mass is 10.2. The first-order valence-electron chi connectivity index (χ1n) is 6.47. The number of hydrogen-bond acceptors (Lipinski definition) is 3. The lowest BCUT2D eigenvalue weighted by molar-refractivity contribution is 0.0697. The summed E-state index contributed by atoms with van der Waals surface area (Å²) in [6.07, 6.45) is 2.03. The Kier molecular flexibility index (Phi) is 3.43. The van der Waals surface area contributed by atoms with Crippen LogP contribution in [-0.4, -0.2) is 26.9 Å². The van der Waals surface area contributed by atoms with E-state index in [1.165, 1.54) is 0 Å². The molecule has 1 N–H and O–H groups in total. The zero-order valence-electron chi connectivity index (χ0n) is 11.7. The predicted molar refractivity (Wildman–Crippen MR) is 84.5 cm³/mol. The Balaban J connectivity index is 2.27. The van der Waals surface area contributed by atoms with Gasteiger partial charge in [0.15, 0.2) is 0 Å². The molecule has 0 fully saturated rings. The number of aryl methyl sites for hydroxylation is 1. The van der Waals surface area contributed by atoms with Gasteiger partial charge in [-0.2, -0.15) is 0 Å². The summed E-state index contributed by atoms with van der Waals surface area (Å²) in [6.45, 7) is 1.92. The lowest BCUT2D eigenvalue weighted by Crippen LogP contribution is -1.99. The predicted octanol–water partition coefficient (Wildman–Crippen LogP) is 3.75. The Morgan fingerprint density at radius 2 is 2.05 bits per heavy atom. The van der Waals surface area contributed by atoms with Gasteiger partial charge in [0.05, 0.1) is 16.6 Å². The largest absolute Gasteiger partial charge is 0.478 e. The van der Waals surface area contributed by atoms with Gasteiger partial charge in [0.1, 0.15) is 5.82 Å². The Hall–Kier alpha value is -2.27. The summed E-state index contributed by atoms with van der Waals surface area (Å²) in [5.41, 5.74) is 2.87. The molecule has 0 atom stereocenters. The van der Waals surface area contributed by atoms with Crippen molar-refractivity contribution < 1.29 is 9.90 Å². The van der Waals surface area contributed by atoms with E-state index >= 15 is 0 Å². The maximum atomic E-state index is 11.2. The molecule has 0 aliphatic carbocycles. The van der Waals surface area contributed by atoms with Gasteiger partial charge in [-0.05, 0) is 49.6 Å². The molecule has 0 saturated carbocycles. The van der Waals surface area contributed by atoms with E-state index in [0.29, 0.717) is 0 Å². The van der Waals surface area contributed by atoms with Gasteiger partial charge in [-0.15, -0.1) is 11.8 Å². The number of nitrogens with zero attached hydrogens (tertiary/aromatic N) is 2. The molecule has 0 aliphatic heterocycles. The van der Waals surface area contributed by atoms with Crippen molar-refractivity contribution in [2.24, 2.45) is 0 Å². The van der Waals surface area contributed by atoms with Crippen LogP contribution in [0.15, 0.2) is 47.4 Å². The van der Waals surface area contributed by atoms with E-state index in [1.807, 2.05) is 35.9 Å². The molecule has 106 valence electrons. The van der Waals surface area contributed by atoms with E-state index < -0.39 is 5.97 Å². The molecule has 0 aliphatic rings. The number of aromatic carboxylic acids is 1. The molecule has 0 spiro atoms. The van der Waals surface area contributed by atoms with Crippen LogP contribution in [0.4, 0.5) is 0 Å². The van der Waals surface area contributed by atoms with Crippen LogP contribution >= 0.6 is 11.8 Å². The molecular weight excluding hydrogens is 284 g/mol. The van der Waals surface area contributed by atoms with Gasteiger partial charge < -0.3 is 5.11 Å². The number of carbonyl (C=O) groups is 1. The zero-order valence-corrected chi connectivity index (χ0v) is 12.5. The standard InChI is InChI=1S/C16H14N2O2S/c1-10-17-14-7-6-11(16(19)20)8-15(14)18(10)12-4-3-5-13(9-12)21-2/h3-9H,1-2H3,(H,19,20). The monoisotopic (exact) mass is 298 g/mol. The lowest BCUT2D eigenvalue weighted by Gasteiger charge is -2.08. The summed E-state index contributed by atoms with van der Waals surface area (Å²) in [6, 6.07) is 13.1. The second kappa shape index (κ2) is 5.26. The normalized spacial score (nSPS) is 11.0. The average Bonchev–Trinajstić information content (AvgIpc) is 2.82. The van der Waals surface area contributed by atoms with Crippen molar-refractivity contribution in [2.45, 2.75) is 11.8 Å². The maximum absolute atomic E-state index is 11.2. The molecule has 1 aromatic heterocycles. The topological polar surface area (TPSA) is 55.1 Å². The van der Waals surface area contributed by atoms with Crippen LogP contribution in [0.2, 0.25) is 0 Å². The number of fused-ring (bicyclic) bond motifs is 1. The zero-order chi connectivity index (χ0) is 15.0. The van der Waals surface area contributed by atoms with Gasteiger partial charge >= 0.3 is 5.97 Å². The minimum absolute atomic E-state index is 0.268. The molecule has 21 heavy (non-hydrogen) atoms. The molecule has 2 aromatic carbocycles. The Labute approximate surface area is 126 Å². The third kappa shape index (κ3) is 2.40. The molecule has 0 saturated heterocycles. The van der Waals surface area contributed by atoms with Crippen molar-refractivity contribution in [2.75, 3.05) is 6.26 Å². The van der Waals surface area contributed by atoms with Crippen LogP contribution in [0, 0.1) is 6.92 Å². The number of benzene rings is 2. The summed E-state index contributed by atoms with van der Waals surface area (Å²) in [5, 5.41) is 9.16. The second-order valence-electron chi connectivity index (χ2n) is 4.70. The fourth-order valence-corrected chi connectivity index (χ4v) is 2.86. The first kappa shape index (κ1) is 13.7. The van der Waals surface area contributed by atoms with E-state index in [-0.39, 0.29) is 5.56 Å². The third-order valence-electron chi connectivity index (χ3n) is 3.38. The van der Waals surface area contributed by atoms with Crippen LogP contribution < -0.4 is 0 Å². The van der Waals surface area contributed by atoms with Crippen molar-refractivity contribution in [3.05, 3.63) is 53.9 Å². The minimum Gasteiger partial charge on any atom is -0.478 e. The van der Waals surface area contributed by atoms with Crippen molar-refractivity contribution in [3.63, 3.8) is 0 Å². The Morgan fingerprint density at radius 3 is 2.76 bits per heavy atom. The van der Waals surface area contributed by atoms with Crippen molar-refractivity contribution in [3.8, 4) is 5.69 Å². The van der Waals surface area contributed by atoms with E-state index in [2.05, 4.69) is 11.1 Å². The molecule has 1 heterocycles. The highest BCUT2D eigenvalue weighted by Crippen LogP contribution is 2.25. The first-order valence-corrected chi connectivity index (χ1v) is 7.69. The Morgan fingerprint density at radius 1 is 1.24 bits per heavy atom. The molecule has 3 aromatic rings. The molecule has 5 heteroatoms. The summed E-state index contributed by atoms with van der Waals surface area (Å²) in [5.74, 6) is -0.0917. The highest BCUT2D eigenvalue weighted by Gasteiger charge is 2.12. The second-order valence-corrected chi connectivity index (χ2v) is 5.58. The van der Waals surface area contributed by atoms with Gasteiger partial charge in [-0.1, -0.05) is 6.07 Å². The fourth-order valence-electron chi connectivity index (χ4n) is 2.40. The van der Waals surface area contributed by atoms with E-state index in [9.17, 15) is 4.79 Å². The van der Waals surface area contributed by atoms with E-state index in [4.69, 9.17) is 5.11 Å². The number of imidazole rings is 1. The smallest absolute Gasteiger partial charge is 0.335 e. The van der Waals surface area contributed by atoms with Crippen LogP contribution in [0.25, 0.3) is 16.7 Å². The molecule has 0 unspecified atom stereocenters. The quantitative estimate of drug-likeness (QED) is 0.748.